The Bertz CT molecular complexity index is 1360. The minimum Gasteiger partial charge on any atom is -0.497 e. The number of nitrogens with zero attached hydrogens (tertiary/aromatic N) is 3. The molecule has 0 radical (unpaired) electrons. The molecule has 2 aromatic carbocycles. The molecule has 0 unspecified atom stereocenters. The van der Waals surface area contributed by atoms with E-state index in [4.69, 9.17) is 16.2 Å². The highest BCUT2D eigenvalue weighted by Gasteiger charge is 2.27. The number of hydrogen-bond acceptors (Lipinski definition) is 6. The number of aromatic amines is 1. The fraction of sp³-hybridized carbons (Fsp3) is 0.280. The molecule has 0 spiro atoms. The molecule has 9 heteroatoms. The van der Waals surface area contributed by atoms with Gasteiger partial charge in [0.2, 0.25) is 0 Å². The number of aryl methyl sites for hydroxylation is 1. The molecule has 2 aromatic heterocycles. The Morgan fingerprint density at radius 1 is 1.12 bits per heavy atom. The summed E-state index contributed by atoms with van der Waals surface area (Å²) in [4.78, 5) is 14.3. The van der Waals surface area contributed by atoms with Gasteiger partial charge in [0.05, 0.1) is 23.9 Å². The first kappa shape index (κ1) is 22.1. The van der Waals surface area contributed by atoms with Crippen LogP contribution in [-0.4, -0.2) is 41.2 Å². The van der Waals surface area contributed by atoms with Crippen molar-refractivity contribution in [3.63, 3.8) is 0 Å². The van der Waals surface area contributed by atoms with E-state index >= 15 is 0 Å². The monoisotopic (exact) mass is 464 g/mol. The Kier molecular flexibility index (Phi) is 5.57. The van der Waals surface area contributed by atoms with Crippen molar-refractivity contribution in [3.8, 4) is 28.3 Å². The van der Waals surface area contributed by atoms with E-state index < -0.39 is 5.82 Å². The van der Waals surface area contributed by atoms with Crippen LogP contribution in [0, 0.1) is 18.6 Å². The Labute approximate surface area is 195 Å². The number of nitrogens with two attached hydrogens (primary N) is 2. The van der Waals surface area contributed by atoms with E-state index in [1.807, 2.05) is 13.0 Å². The van der Waals surface area contributed by atoms with Crippen LogP contribution in [0.3, 0.4) is 0 Å². The molecule has 7 nitrogen and oxygen atoms in total. The number of anilines is 2. The van der Waals surface area contributed by atoms with Crippen molar-refractivity contribution in [1.29, 1.82) is 0 Å². The predicted octanol–water partition coefficient (Wildman–Crippen LogP) is 4.40. The highest BCUT2D eigenvalue weighted by atomic mass is 19.1. The van der Waals surface area contributed by atoms with Crippen molar-refractivity contribution in [3.05, 3.63) is 53.7 Å². The molecule has 0 saturated carbocycles. The van der Waals surface area contributed by atoms with Crippen LogP contribution in [0.2, 0.25) is 0 Å². The zero-order valence-corrected chi connectivity index (χ0v) is 19.0. The van der Waals surface area contributed by atoms with Gasteiger partial charge in [0, 0.05) is 43.0 Å². The maximum Gasteiger partial charge on any atom is 0.154 e. The van der Waals surface area contributed by atoms with E-state index in [9.17, 15) is 8.78 Å². The van der Waals surface area contributed by atoms with Crippen LogP contribution in [0.5, 0.6) is 5.75 Å². The summed E-state index contributed by atoms with van der Waals surface area (Å²) in [7, 11) is 1.48. The minimum atomic E-state index is -0.509. The Hall–Kier alpha value is -3.72. The van der Waals surface area contributed by atoms with E-state index in [-0.39, 0.29) is 23.2 Å². The van der Waals surface area contributed by atoms with Crippen LogP contribution in [0.4, 0.5) is 20.3 Å². The standard InChI is InChI=1S/C25H26F2N6O/c1-13-7-14(9-15(26)8-13)18-12-30-24(29)21(23(18)33-5-3-16(28)4-6-33)25-31-20-11-17(34-2)10-19(27)22(20)32-25/h7-12,16H,3-6,28H2,1-2H3,(H2,29,30)(H,31,32). The molecular formula is C25H26F2N6O. The molecular weight excluding hydrogens is 438 g/mol. The Morgan fingerprint density at radius 2 is 1.88 bits per heavy atom. The van der Waals surface area contributed by atoms with Crippen LogP contribution in [0.1, 0.15) is 18.4 Å². The topological polar surface area (TPSA) is 106 Å². The van der Waals surface area contributed by atoms with E-state index in [2.05, 4.69) is 19.9 Å². The summed E-state index contributed by atoms with van der Waals surface area (Å²) in [6, 6.07) is 7.94. The van der Waals surface area contributed by atoms with E-state index in [0.29, 0.717) is 41.3 Å². The van der Waals surface area contributed by atoms with Crippen LogP contribution in [0.15, 0.2) is 36.5 Å². The zero-order chi connectivity index (χ0) is 24.0. The summed E-state index contributed by atoms with van der Waals surface area (Å²) >= 11 is 0. The van der Waals surface area contributed by atoms with Crippen molar-refractivity contribution >= 4 is 22.5 Å². The molecule has 34 heavy (non-hydrogen) atoms. The van der Waals surface area contributed by atoms with Gasteiger partial charge in [-0.05, 0) is 43.0 Å². The highest BCUT2D eigenvalue weighted by Crippen LogP contribution is 2.43. The summed E-state index contributed by atoms with van der Waals surface area (Å²) < 4.78 is 34.3. The fourth-order valence-corrected chi connectivity index (χ4v) is 4.59. The van der Waals surface area contributed by atoms with Crippen LogP contribution < -0.4 is 21.1 Å². The van der Waals surface area contributed by atoms with Crippen LogP contribution >= 0.6 is 0 Å². The maximum atomic E-state index is 14.7. The first-order valence-electron chi connectivity index (χ1n) is 11.1. The van der Waals surface area contributed by atoms with Crippen LogP contribution in [-0.2, 0) is 0 Å². The number of imidazole rings is 1. The number of hydrogen-bond donors (Lipinski definition) is 3. The predicted molar refractivity (Wildman–Crippen MR) is 130 cm³/mol. The lowest BCUT2D eigenvalue weighted by Gasteiger charge is -2.34. The molecule has 0 bridgehead atoms. The summed E-state index contributed by atoms with van der Waals surface area (Å²) in [5.41, 5.74) is 16.7. The lowest BCUT2D eigenvalue weighted by molar-refractivity contribution is 0.412. The number of ether oxygens (including phenoxy) is 1. The first-order valence-corrected chi connectivity index (χ1v) is 11.1. The molecule has 0 aliphatic carbocycles. The zero-order valence-electron chi connectivity index (χ0n) is 19.0. The van der Waals surface area contributed by atoms with Gasteiger partial charge in [0.15, 0.2) is 5.82 Å². The number of benzene rings is 2. The summed E-state index contributed by atoms with van der Waals surface area (Å²) in [5, 5.41) is 0. The molecule has 5 N–H and O–H groups in total. The SMILES string of the molecule is COc1cc(F)c2nc(-c3c(N)ncc(-c4cc(C)cc(F)c4)c3N3CCC(N)CC3)[nH]c2c1. The normalized spacial score (nSPS) is 14.7. The van der Waals surface area contributed by atoms with Gasteiger partial charge >= 0.3 is 0 Å². The third kappa shape index (κ3) is 3.92. The average molecular weight is 465 g/mol. The molecule has 0 amide bonds. The van der Waals surface area contributed by atoms with Gasteiger partial charge in [-0.1, -0.05) is 6.07 Å². The number of piperidine rings is 1. The molecule has 0 atom stereocenters. The van der Waals surface area contributed by atoms with Gasteiger partial charge < -0.3 is 26.1 Å². The van der Waals surface area contributed by atoms with Crippen molar-refractivity contribution in [2.45, 2.75) is 25.8 Å². The molecule has 3 heterocycles. The van der Waals surface area contributed by atoms with Crippen molar-refractivity contribution in [2.24, 2.45) is 5.73 Å². The number of nitrogen functional groups attached to an aromatic ring is 1. The van der Waals surface area contributed by atoms with Gasteiger partial charge in [0.1, 0.15) is 28.7 Å². The third-order valence-corrected chi connectivity index (χ3v) is 6.28. The van der Waals surface area contributed by atoms with Crippen molar-refractivity contribution in [2.75, 3.05) is 30.8 Å². The maximum absolute atomic E-state index is 14.7. The number of methoxy groups -OCH3 is 1. The van der Waals surface area contributed by atoms with E-state index in [0.717, 1.165) is 29.7 Å². The Morgan fingerprint density at radius 3 is 2.59 bits per heavy atom. The largest absolute Gasteiger partial charge is 0.497 e. The van der Waals surface area contributed by atoms with Gasteiger partial charge in [-0.3, -0.25) is 0 Å². The number of aromatic nitrogens is 3. The quantitative estimate of drug-likeness (QED) is 0.413. The van der Waals surface area contributed by atoms with Gasteiger partial charge in [-0.25, -0.2) is 18.7 Å². The summed E-state index contributed by atoms with van der Waals surface area (Å²) in [5.74, 6) is 0.157. The number of fused-ring (bicyclic) bond motifs is 1. The second kappa shape index (κ2) is 8.57. The molecule has 1 saturated heterocycles. The number of pyridine rings is 1. The summed E-state index contributed by atoms with van der Waals surface area (Å²) in [6.07, 6.45) is 3.26. The molecule has 176 valence electrons. The van der Waals surface area contributed by atoms with E-state index in [1.165, 1.54) is 25.3 Å². The first-order chi connectivity index (χ1) is 16.3. The van der Waals surface area contributed by atoms with Crippen molar-refractivity contribution < 1.29 is 13.5 Å². The average Bonchev–Trinajstić information content (AvgIpc) is 3.23. The molecule has 1 fully saturated rings. The number of rotatable bonds is 4. The Balaban J connectivity index is 1.76. The number of nitrogens with one attached hydrogen (secondary N) is 1. The molecule has 5 rings (SSSR count). The minimum absolute atomic E-state index is 0.117. The van der Waals surface area contributed by atoms with E-state index in [1.54, 1.807) is 12.3 Å². The molecule has 4 aromatic rings. The second-order valence-electron chi connectivity index (χ2n) is 8.71. The fourth-order valence-electron chi connectivity index (χ4n) is 4.59. The number of H-pyrrole nitrogens is 1. The van der Waals surface area contributed by atoms with Crippen LogP contribution in [0.25, 0.3) is 33.5 Å². The lowest BCUT2D eigenvalue weighted by atomic mass is 9.97. The van der Waals surface area contributed by atoms with Crippen molar-refractivity contribution in [1.82, 2.24) is 15.0 Å². The van der Waals surface area contributed by atoms with Gasteiger partial charge in [-0.15, -0.1) is 0 Å². The smallest absolute Gasteiger partial charge is 0.154 e. The second-order valence-corrected chi connectivity index (χ2v) is 8.71. The highest BCUT2D eigenvalue weighted by molar-refractivity contribution is 5.95. The molecule has 1 aliphatic rings. The summed E-state index contributed by atoms with van der Waals surface area (Å²) in [6.45, 7) is 3.23. The third-order valence-electron chi connectivity index (χ3n) is 6.28. The molecule has 1 aliphatic heterocycles. The lowest BCUT2D eigenvalue weighted by Crippen LogP contribution is -2.40. The van der Waals surface area contributed by atoms with Gasteiger partial charge in [-0.2, -0.15) is 0 Å². The number of halogens is 2. The van der Waals surface area contributed by atoms with Gasteiger partial charge in [0.25, 0.3) is 0 Å².